The lowest BCUT2D eigenvalue weighted by Crippen LogP contribution is -2.60. The molecule has 0 atom stereocenters. The summed E-state index contributed by atoms with van der Waals surface area (Å²) in [5.74, 6) is 0.750. The van der Waals surface area contributed by atoms with Gasteiger partial charge in [-0.15, -0.1) is 0 Å². The Bertz CT molecular complexity index is 508. The summed E-state index contributed by atoms with van der Waals surface area (Å²) in [6.45, 7) is 2.93. The van der Waals surface area contributed by atoms with Gasteiger partial charge in [0.05, 0.1) is 11.2 Å². The van der Waals surface area contributed by atoms with Crippen LogP contribution in [0, 0.1) is 11.3 Å². The minimum Gasteiger partial charge on any atom is -0.386 e. The van der Waals surface area contributed by atoms with Crippen molar-refractivity contribution in [1.29, 1.82) is 5.26 Å². The summed E-state index contributed by atoms with van der Waals surface area (Å²) >= 11 is 0. The van der Waals surface area contributed by atoms with E-state index in [2.05, 4.69) is 11.1 Å². The first kappa shape index (κ1) is 10.5. The first-order valence-corrected chi connectivity index (χ1v) is 5.99. The molecule has 0 radical (unpaired) electrons. The number of nitrogens with zero attached hydrogens (tertiary/aromatic N) is 3. The molecular weight excluding hydrogens is 214 g/mol. The number of rotatable bonds is 1. The molecule has 4 nitrogen and oxygen atoms in total. The molecule has 1 aliphatic heterocycles. The maximum atomic E-state index is 9.75. The Morgan fingerprint density at radius 3 is 2.88 bits per heavy atom. The summed E-state index contributed by atoms with van der Waals surface area (Å²) < 4.78 is 0. The van der Waals surface area contributed by atoms with E-state index in [1.807, 2.05) is 17.9 Å². The number of hydrogen-bond donors (Lipinski definition) is 1. The van der Waals surface area contributed by atoms with Gasteiger partial charge in [-0.2, -0.15) is 5.26 Å². The van der Waals surface area contributed by atoms with Crippen LogP contribution in [0.1, 0.15) is 30.2 Å². The van der Waals surface area contributed by atoms with E-state index in [1.54, 1.807) is 0 Å². The molecule has 1 aromatic rings. The Kier molecular flexibility index (Phi) is 2.14. The molecular formula is C13H15N3O. The van der Waals surface area contributed by atoms with Crippen molar-refractivity contribution in [1.82, 2.24) is 4.98 Å². The molecule has 88 valence electrons. The average Bonchev–Trinajstić information content (AvgIpc) is 2.70. The highest BCUT2D eigenvalue weighted by Crippen LogP contribution is 2.31. The minimum absolute atomic E-state index is 0.563. The molecule has 1 aromatic heterocycles. The van der Waals surface area contributed by atoms with Crippen LogP contribution in [0.4, 0.5) is 5.82 Å². The predicted octanol–water partition coefficient (Wildman–Crippen LogP) is 1.01. The van der Waals surface area contributed by atoms with Crippen molar-refractivity contribution in [3.05, 3.63) is 22.9 Å². The summed E-state index contributed by atoms with van der Waals surface area (Å²) in [6.07, 6.45) is 3.18. The Balaban J connectivity index is 1.97. The number of hydrogen-bond acceptors (Lipinski definition) is 4. The quantitative estimate of drug-likeness (QED) is 0.781. The molecule has 1 fully saturated rings. The summed E-state index contributed by atoms with van der Waals surface area (Å²) in [6, 6.07) is 4.19. The van der Waals surface area contributed by atoms with Gasteiger partial charge in [-0.1, -0.05) is 0 Å². The highest BCUT2D eigenvalue weighted by atomic mass is 16.3. The van der Waals surface area contributed by atoms with Gasteiger partial charge in [0.25, 0.3) is 0 Å². The fraction of sp³-hybridized carbons (Fsp3) is 0.538. The SMILES string of the molecule is CC1(O)CN(c2nc3c(cc2C#N)CCC3)C1. The third kappa shape index (κ3) is 1.67. The van der Waals surface area contributed by atoms with E-state index in [4.69, 9.17) is 5.26 Å². The van der Waals surface area contributed by atoms with Gasteiger partial charge in [0.15, 0.2) is 0 Å². The highest BCUT2D eigenvalue weighted by molar-refractivity contribution is 5.58. The zero-order chi connectivity index (χ0) is 12.0. The Morgan fingerprint density at radius 2 is 2.24 bits per heavy atom. The first-order chi connectivity index (χ1) is 8.09. The van der Waals surface area contributed by atoms with Crippen LogP contribution in [0.5, 0.6) is 0 Å². The van der Waals surface area contributed by atoms with Crippen molar-refractivity contribution in [2.24, 2.45) is 0 Å². The van der Waals surface area contributed by atoms with E-state index >= 15 is 0 Å². The minimum atomic E-state index is -0.632. The third-order valence-electron chi connectivity index (χ3n) is 3.51. The maximum Gasteiger partial charge on any atom is 0.147 e. The number of β-amino-alcohol motifs (C(OH)–C–C–N with tert-alkyl or cyclic N) is 1. The van der Waals surface area contributed by atoms with E-state index in [0.29, 0.717) is 18.7 Å². The molecule has 1 aliphatic carbocycles. The smallest absolute Gasteiger partial charge is 0.147 e. The van der Waals surface area contributed by atoms with Crippen LogP contribution in [0.3, 0.4) is 0 Å². The molecule has 17 heavy (non-hydrogen) atoms. The monoisotopic (exact) mass is 229 g/mol. The van der Waals surface area contributed by atoms with Crippen molar-refractivity contribution in [2.45, 2.75) is 31.8 Å². The van der Waals surface area contributed by atoms with Crippen LogP contribution < -0.4 is 4.90 Å². The molecule has 2 heterocycles. The molecule has 4 heteroatoms. The van der Waals surface area contributed by atoms with Crippen molar-refractivity contribution in [3.8, 4) is 6.07 Å². The standard InChI is InChI=1S/C13H15N3O/c1-13(17)7-16(8-13)12-10(6-14)5-9-3-2-4-11(9)15-12/h5,17H,2-4,7-8H2,1H3. The molecule has 0 saturated carbocycles. The Labute approximate surface area is 101 Å². The van der Waals surface area contributed by atoms with Crippen molar-refractivity contribution in [2.75, 3.05) is 18.0 Å². The third-order valence-corrected chi connectivity index (χ3v) is 3.51. The van der Waals surface area contributed by atoms with E-state index in [-0.39, 0.29) is 0 Å². The van der Waals surface area contributed by atoms with Crippen LogP contribution in [-0.2, 0) is 12.8 Å². The Hall–Kier alpha value is -1.60. The molecule has 0 bridgehead atoms. The van der Waals surface area contributed by atoms with Gasteiger partial charge in [0, 0.05) is 18.8 Å². The lowest BCUT2D eigenvalue weighted by atomic mass is 9.96. The van der Waals surface area contributed by atoms with Crippen molar-refractivity contribution in [3.63, 3.8) is 0 Å². The second-order valence-electron chi connectivity index (χ2n) is 5.28. The van der Waals surface area contributed by atoms with Crippen LogP contribution >= 0.6 is 0 Å². The molecule has 1 N–H and O–H groups in total. The zero-order valence-electron chi connectivity index (χ0n) is 9.90. The van der Waals surface area contributed by atoms with Crippen LogP contribution in [-0.4, -0.2) is 28.8 Å². The number of aryl methyl sites for hydroxylation is 2. The number of pyridine rings is 1. The lowest BCUT2D eigenvalue weighted by Gasteiger charge is -2.45. The fourth-order valence-electron chi connectivity index (χ4n) is 2.71. The van der Waals surface area contributed by atoms with Gasteiger partial charge in [-0.25, -0.2) is 4.98 Å². The predicted molar refractivity (Wildman–Crippen MR) is 63.8 cm³/mol. The van der Waals surface area contributed by atoms with Crippen LogP contribution in [0.25, 0.3) is 0 Å². The zero-order valence-corrected chi connectivity index (χ0v) is 9.90. The molecule has 0 unspecified atom stereocenters. The summed E-state index contributed by atoms with van der Waals surface area (Å²) in [4.78, 5) is 6.59. The number of fused-ring (bicyclic) bond motifs is 1. The summed E-state index contributed by atoms with van der Waals surface area (Å²) in [5, 5.41) is 18.9. The largest absolute Gasteiger partial charge is 0.386 e. The summed E-state index contributed by atoms with van der Waals surface area (Å²) in [5.41, 5.74) is 2.36. The highest BCUT2D eigenvalue weighted by Gasteiger charge is 2.38. The maximum absolute atomic E-state index is 9.75. The fourth-order valence-corrected chi connectivity index (χ4v) is 2.71. The van der Waals surface area contributed by atoms with E-state index in [1.165, 1.54) is 5.56 Å². The number of anilines is 1. The van der Waals surface area contributed by atoms with Crippen LogP contribution in [0.15, 0.2) is 6.07 Å². The van der Waals surface area contributed by atoms with E-state index < -0.39 is 5.60 Å². The van der Waals surface area contributed by atoms with Crippen LogP contribution in [0.2, 0.25) is 0 Å². The average molecular weight is 229 g/mol. The lowest BCUT2D eigenvalue weighted by molar-refractivity contribution is 0.0305. The molecule has 0 amide bonds. The molecule has 2 aliphatic rings. The summed E-state index contributed by atoms with van der Waals surface area (Å²) in [7, 11) is 0. The topological polar surface area (TPSA) is 60.1 Å². The second kappa shape index (κ2) is 3.44. The normalized spacial score (nSPS) is 20.6. The van der Waals surface area contributed by atoms with Gasteiger partial charge in [0.1, 0.15) is 11.9 Å². The van der Waals surface area contributed by atoms with Crippen molar-refractivity contribution >= 4 is 5.82 Å². The van der Waals surface area contributed by atoms with Gasteiger partial charge < -0.3 is 10.0 Å². The second-order valence-corrected chi connectivity index (χ2v) is 5.28. The molecule has 0 spiro atoms. The van der Waals surface area contributed by atoms with Gasteiger partial charge in [0.2, 0.25) is 0 Å². The molecule has 1 saturated heterocycles. The number of aromatic nitrogens is 1. The molecule has 0 aromatic carbocycles. The number of nitriles is 1. The Morgan fingerprint density at radius 1 is 1.47 bits per heavy atom. The van der Waals surface area contributed by atoms with Gasteiger partial charge in [-0.3, -0.25) is 0 Å². The van der Waals surface area contributed by atoms with Gasteiger partial charge in [-0.05, 0) is 37.8 Å². The van der Waals surface area contributed by atoms with E-state index in [9.17, 15) is 5.11 Å². The number of aliphatic hydroxyl groups is 1. The molecule has 3 rings (SSSR count). The van der Waals surface area contributed by atoms with Gasteiger partial charge >= 0.3 is 0 Å². The van der Waals surface area contributed by atoms with Crippen molar-refractivity contribution < 1.29 is 5.11 Å². The van der Waals surface area contributed by atoms with E-state index in [0.717, 1.165) is 30.8 Å². The first-order valence-electron chi connectivity index (χ1n) is 5.99.